The normalized spacial score (nSPS) is 18.0. The minimum absolute atomic E-state index is 0.201. The van der Waals surface area contributed by atoms with Crippen molar-refractivity contribution in [3.05, 3.63) is 30.3 Å². The lowest BCUT2D eigenvalue weighted by Crippen LogP contribution is -2.43. The van der Waals surface area contributed by atoms with Gasteiger partial charge < -0.3 is 4.90 Å². The Bertz CT molecular complexity index is 569. The summed E-state index contributed by atoms with van der Waals surface area (Å²) < 4.78 is 0. The van der Waals surface area contributed by atoms with Crippen LogP contribution >= 0.6 is 0 Å². The number of para-hydroxylation sites is 1. The number of rotatable bonds is 5. The summed E-state index contributed by atoms with van der Waals surface area (Å²) in [5.74, 6) is -0.553. The van der Waals surface area contributed by atoms with Crippen LogP contribution < -0.4 is 4.90 Å². The second-order valence-corrected chi connectivity index (χ2v) is 5.15. The van der Waals surface area contributed by atoms with Crippen LogP contribution in [0.4, 0.5) is 10.5 Å². The Morgan fingerprint density at radius 1 is 1.14 bits per heavy atom. The number of likely N-dealkylation sites (N-methyl/N-ethyl adjacent to an activating group) is 1. The van der Waals surface area contributed by atoms with Gasteiger partial charge in [-0.15, -0.1) is 0 Å². The predicted molar refractivity (Wildman–Crippen MR) is 83.4 cm³/mol. The molecular formula is C16H21N3O3. The van der Waals surface area contributed by atoms with Gasteiger partial charge in [0.05, 0.1) is 0 Å². The van der Waals surface area contributed by atoms with Gasteiger partial charge in [0.15, 0.2) is 0 Å². The highest BCUT2D eigenvalue weighted by atomic mass is 16.2. The van der Waals surface area contributed by atoms with Crippen molar-refractivity contribution in [1.29, 1.82) is 0 Å². The summed E-state index contributed by atoms with van der Waals surface area (Å²) in [5.41, 5.74) is 0.658. The second-order valence-electron chi connectivity index (χ2n) is 5.15. The minimum Gasteiger partial charge on any atom is -0.342 e. The molecule has 22 heavy (non-hydrogen) atoms. The first-order valence-electron chi connectivity index (χ1n) is 7.48. The fourth-order valence-corrected chi connectivity index (χ4v) is 2.61. The second kappa shape index (κ2) is 6.60. The first-order chi connectivity index (χ1) is 10.5. The van der Waals surface area contributed by atoms with Crippen molar-refractivity contribution in [3.63, 3.8) is 0 Å². The van der Waals surface area contributed by atoms with Gasteiger partial charge in [-0.2, -0.15) is 0 Å². The summed E-state index contributed by atoms with van der Waals surface area (Å²) in [6, 6.07) is 7.98. The van der Waals surface area contributed by atoms with E-state index in [0.717, 1.165) is 4.90 Å². The van der Waals surface area contributed by atoms with Gasteiger partial charge >= 0.3 is 6.03 Å². The number of amides is 4. The van der Waals surface area contributed by atoms with Gasteiger partial charge in [-0.1, -0.05) is 18.2 Å². The number of anilines is 1. The van der Waals surface area contributed by atoms with Crippen molar-refractivity contribution < 1.29 is 14.4 Å². The number of hydrogen-bond donors (Lipinski definition) is 0. The summed E-state index contributed by atoms with van der Waals surface area (Å²) in [5, 5.41) is 0. The molecule has 6 heteroatoms. The van der Waals surface area contributed by atoms with E-state index in [4.69, 9.17) is 0 Å². The van der Waals surface area contributed by atoms with Crippen molar-refractivity contribution in [2.45, 2.75) is 26.8 Å². The maximum atomic E-state index is 12.5. The number of carbonyl (C=O) groups is 3. The zero-order chi connectivity index (χ0) is 16.3. The fourth-order valence-electron chi connectivity index (χ4n) is 2.61. The number of urea groups is 1. The Hall–Kier alpha value is -2.37. The van der Waals surface area contributed by atoms with Gasteiger partial charge in [-0.05, 0) is 32.9 Å². The molecule has 1 aliphatic heterocycles. The quantitative estimate of drug-likeness (QED) is 0.778. The monoisotopic (exact) mass is 303 g/mol. The van der Waals surface area contributed by atoms with E-state index in [9.17, 15) is 14.4 Å². The first kappa shape index (κ1) is 16.0. The molecule has 6 nitrogen and oxygen atoms in total. The van der Waals surface area contributed by atoms with Crippen molar-refractivity contribution in [2.75, 3.05) is 24.5 Å². The standard InChI is InChI=1S/C16H21N3O3/c1-4-17(5-2)14(20)11-18-15(21)12(3)19(16(18)22)13-9-7-6-8-10-13/h6-10,12H,4-5,11H2,1-3H3/t12-/m0/s1. The highest BCUT2D eigenvalue weighted by molar-refractivity contribution is 6.15. The average Bonchev–Trinajstić information content (AvgIpc) is 2.73. The molecule has 0 spiro atoms. The molecule has 0 bridgehead atoms. The van der Waals surface area contributed by atoms with Crippen LogP contribution in [0.2, 0.25) is 0 Å². The van der Waals surface area contributed by atoms with Crippen LogP contribution in [0, 0.1) is 0 Å². The topological polar surface area (TPSA) is 60.9 Å². The molecule has 1 heterocycles. The highest BCUT2D eigenvalue weighted by Gasteiger charge is 2.44. The average molecular weight is 303 g/mol. The number of carbonyl (C=O) groups excluding carboxylic acids is 3. The molecule has 1 saturated heterocycles. The molecule has 0 aromatic heterocycles. The SMILES string of the molecule is CCN(CC)C(=O)CN1C(=O)[C@H](C)N(c2ccccc2)C1=O. The summed E-state index contributed by atoms with van der Waals surface area (Å²) in [7, 11) is 0. The minimum atomic E-state index is -0.598. The van der Waals surface area contributed by atoms with Crippen molar-refractivity contribution in [2.24, 2.45) is 0 Å². The van der Waals surface area contributed by atoms with Crippen molar-refractivity contribution >= 4 is 23.5 Å². The molecule has 4 amide bonds. The van der Waals surface area contributed by atoms with Gasteiger partial charge in [-0.3, -0.25) is 19.4 Å². The molecule has 1 aliphatic rings. The Morgan fingerprint density at radius 2 is 1.73 bits per heavy atom. The summed E-state index contributed by atoms with van der Waals surface area (Å²) >= 11 is 0. The van der Waals surface area contributed by atoms with Crippen LogP contribution in [0.5, 0.6) is 0 Å². The van der Waals surface area contributed by atoms with Crippen LogP contribution in [0.15, 0.2) is 30.3 Å². The predicted octanol–water partition coefficient (Wildman–Crippen LogP) is 1.71. The van der Waals surface area contributed by atoms with Gasteiger partial charge in [0, 0.05) is 18.8 Å². The lowest BCUT2D eigenvalue weighted by atomic mass is 10.2. The Balaban J connectivity index is 2.19. The number of benzene rings is 1. The van der Waals surface area contributed by atoms with Crippen LogP contribution in [-0.2, 0) is 9.59 Å². The summed E-state index contributed by atoms with van der Waals surface area (Å²) in [4.78, 5) is 41.1. The van der Waals surface area contributed by atoms with E-state index in [-0.39, 0.29) is 18.4 Å². The van der Waals surface area contributed by atoms with E-state index >= 15 is 0 Å². The molecule has 2 rings (SSSR count). The van der Waals surface area contributed by atoms with E-state index in [1.54, 1.807) is 24.0 Å². The molecule has 1 fully saturated rings. The summed E-state index contributed by atoms with van der Waals surface area (Å²) in [6.45, 7) is 6.33. The maximum Gasteiger partial charge on any atom is 0.332 e. The number of imide groups is 1. The zero-order valence-electron chi connectivity index (χ0n) is 13.2. The van der Waals surface area contributed by atoms with Crippen LogP contribution in [0.3, 0.4) is 0 Å². The molecule has 1 aromatic rings. The third kappa shape index (κ3) is 2.81. The number of hydrogen-bond acceptors (Lipinski definition) is 3. The van der Waals surface area contributed by atoms with Crippen LogP contribution in [-0.4, -0.2) is 53.3 Å². The van der Waals surface area contributed by atoms with Gasteiger partial charge in [0.25, 0.3) is 5.91 Å². The smallest absolute Gasteiger partial charge is 0.332 e. The lowest BCUT2D eigenvalue weighted by Gasteiger charge is -2.22. The summed E-state index contributed by atoms with van der Waals surface area (Å²) in [6.07, 6.45) is 0. The van der Waals surface area contributed by atoms with Crippen molar-refractivity contribution in [1.82, 2.24) is 9.80 Å². The zero-order valence-corrected chi connectivity index (χ0v) is 13.2. The molecular weight excluding hydrogens is 282 g/mol. The molecule has 1 atom stereocenters. The third-order valence-corrected chi connectivity index (χ3v) is 3.89. The fraction of sp³-hybridized carbons (Fsp3) is 0.438. The third-order valence-electron chi connectivity index (χ3n) is 3.89. The van der Waals surface area contributed by atoms with Gasteiger partial charge in [0.2, 0.25) is 5.91 Å². The molecule has 118 valence electrons. The Kier molecular flexibility index (Phi) is 4.80. The van der Waals surface area contributed by atoms with E-state index in [2.05, 4.69) is 0 Å². The largest absolute Gasteiger partial charge is 0.342 e. The highest BCUT2D eigenvalue weighted by Crippen LogP contribution is 2.25. The molecule has 0 saturated carbocycles. The maximum absolute atomic E-state index is 12.5. The lowest BCUT2D eigenvalue weighted by molar-refractivity contribution is -0.136. The van der Waals surface area contributed by atoms with E-state index in [1.807, 2.05) is 32.0 Å². The molecule has 0 unspecified atom stereocenters. The molecule has 0 N–H and O–H groups in total. The number of nitrogens with zero attached hydrogens (tertiary/aromatic N) is 3. The van der Waals surface area contributed by atoms with Crippen LogP contribution in [0.25, 0.3) is 0 Å². The Labute approximate surface area is 130 Å². The molecule has 0 radical (unpaired) electrons. The van der Waals surface area contributed by atoms with E-state index in [1.165, 1.54) is 4.90 Å². The first-order valence-corrected chi connectivity index (χ1v) is 7.48. The van der Waals surface area contributed by atoms with E-state index < -0.39 is 12.1 Å². The van der Waals surface area contributed by atoms with E-state index in [0.29, 0.717) is 18.8 Å². The van der Waals surface area contributed by atoms with Gasteiger partial charge in [0.1, 0.15) is 12.6 Å². The molecule has 1 aromatic carbocycles. The molecule has 0 aliphatic carbocycles. The van der Waals surface area contributed by atoms with Crippen LogP contribution in [0.1, 0.15) is 20.8 Å². The Morgan fingerprint density at radius 3 is 2.27 bits per heavy atom. The van der Waals surface area contributed by atoms with Crippen molar-refractivity contribution in [3.8, 4) is 0 Å². The van der Waals surface area contributed by atoms with Gasteiger partial charge in [-0.25, -0.2) is 4.79 Å².